The van der Waals surface area contributed by atoms with Crippen molar-refractivity contribution in [3.63, 3.8) is 0 Å². The average Bonchev–Trinajstić information content (AvgIpc) is 3.06. The van der Waals surface area contributed by atoms with Gasteiger partial charge in [0.15, 0.2) is 17.7 Å². The van der Waals surface area contributed by atoms with Crippen LogP contribution in [0.3, 0.4) is 0 Å². The van der Waals surface area contributed by atoms with Crippen molar-refractivity contribution in [1.29, 1.82) is 0 Å². The summed E-state index contributed by atoms with van der Waals surface area (Å²) >= 11 is 0. The van der Waals surface area contributed by atoms with Crippen LogP contribution in [-0.2, 0) is 24.4 Å². The number of amides is 1. The molecule has 1 atom stereocenters. The molecule has 2 N–H and O–H groups in total. The molecule has 0 saturated carbocycles. The van der Waals surface area contributed by atoms with E-state index < -0.39 is 11.9 Å². The van der Waals surface area contributed by atoms with E-state index in [0.29, 0.717) is 13.0 Å². The molecule has 25 heavy (non-hydrogen) atoms. The molecule has 1 amide bonds. The van der Waals surface area contributed by atoms with Crippen LogP contribution in [0, 0.1) is 5.82 Å². The Morgan fingerprint density at radius 3 is 2.76 bits per heavy atom. The van der Waals surface area contributed by atoms with E-state index in [-0.39, 0.29) is 24.1 Å². The Balaban J connectivity index is 0.00000225. The molecule has 1 aliphatic heterocycles. The monoisotopic (exact) mass is 364 g/mol. The summed E-state index contributed by atoms with van der Waals surface area (Å²) in [5.74, 6) is -0.600. The highest BCUT2D eigenvalue weighted by Crippen LogP contribution is 2.19. The maximum atomic E-state index is 13.7. The minimum atomic E-state index is -0.710. The molecule has 0 bridgehead atoms. The first-order valence-electron chi connectivity index (χ1n) is 8.17. The number of hydrogen-bond donors (Lipinski definition) is 2. The van der Waals surface area contributed by atoms with Crippen LogP contribution < -0.4 is 15.4 Å². The van der Waals surface area contributed by atoms with Crippen molar-refractivity contribution in [2.45, 2.75) is 39.1 Å². The highest BCUT2D eigenvalue weighted by molar-refractivity contribution is 5.85. The number of para-hydroxylation sites is 1. The first-order valence-corrected chi connectivity index (χ1v) is 8.17. The molecular weight excluding hydrogens is 343 g/mol. The Bertz CT molecular complexity index is 739. The summed E-state index contributed by atoms with van der Waals surface area (Å²) in [7, 11) is 0. The molecule has 2 aromatic rings. The van der Waals surface area contributed by atoms with Gasteiger partial charge in [0.2, 0.25) is 0 Å². The molecule has 0 fully saturated rings. The normalized spacial score (nSPS) is 13.5. The molecule has 6 heteroatoms. The Morgan fingerprint density at radius 2 is 2.00 bits per heavy atom. The molecule has 3 rings (SSSR count). The quantitative estimate of drug-likeness (QED) is 0.826. The standard InChI is InChI=1S/C19H21FN2O2.ClH/c1-2-17(24-18-6-4-3-5-16(18)20)19(23)22-10-13-7-8-14-11-21-12-15(14)9-13;/h3-9,17,21H,2,10-12H2,1H3,(H,22,23);1H. The van der Waals surface area contributed by atoms with Crippen LogP contribution in [-0.4, -0.2) is 12.0 Å². The molecule has 2 aromatic carbocycles. The SMILES string of the molecule is CCC(Oc1ccccc1F)C(=O)NCc1ccc2c(c1)CNC2.Cl. The Morgan fingerprint density at radius 1 is 1.24 bits per heavy atom. The predicted octanol–water partition coefficient (Wildman–Crippen LogP) is 3.32. The number of fused-ring (bicyclic) bond motifs is 1. The van der Waals surface area contributed by atoms with E-state index >= 15 is 0 Å². The number of nitrogens with one attached hydrogen (secondary N) is 2. The third kappa shape index (κ3) is 4.71. The van der Waals surface area contributed by atoms with E-state index in [0.717, 1.165) is 18.7 Å². The number of rotatable bonds is 6. The van der Waals surface area contributed by atoms with Crippen molar-refractivity contribution in [3.8, 4) is 5.75 Å². The number of ether oxygens (including phenoxy) is 1. The van der Waals surface area contributed by atoms with E-state index in [4.69, 9.17) is 4.74 Å². The van der Waals surface area contributed by atoms with Gasteiger partial charge in [-0.3, -0.25) is 4.79 Å². The third-order valence-corrected chi connectivity index (χ3v) is 4.14. The first-order chi connectivity index (χ1) is 11.7. The highest BCUT2D eigenvalue weighted by atomic mass is 35.5. The third-order valence-electron chi connectivity index (χ3n) is 4.14. The maximum Gasteiger partial charge on any atom is 0.261 e. The van der Waals surface area contributed by atoms with Gasteiger partial charge in [-0.15, -0.1) is 12.4 Å². The fourth-order valence-electron chi connectivity index (χ4n) is 2.78. The summed E-state index contributed by atoms with van der Waals surface area (Å²) in [4.78, 5) is 12.3. The van der Waals surface area contributed by atoms with Gasteiger partial charge in [-0.05, 0) is 35.2 Å². The molecule has 1 unspecified atom stereocenters. The number of benzene rings is 2. The summed E-state index contributed by atoms with van der Waals surface area (Å²) in [6.45, 7) is 4.04. The van der Waals surface area contributed by atoms with Crippen LogP contribution in [0.2, 0.25) is 0 Å². The number of halogens is 2. The molecule has 0 aliphatic carbocycles. The summed E-state index contributed by atoms with van der Waals surface area (Å²) in [6, 6.07) is 12.3. The minimum absolute atomic E-state index is 0. The van der Waals surface area contributed by atoms with E-state index in [9.17, 15) is 9.18 Å². The second-order valence-corrected chi connectivity index (χ2v) is 5.87. The zero-order valence-electron chi connectivity index (χ0n) is 14.0. The molecule has 0 radical (unpaired) electrons. The van der Waals surface area contributed by atoms with Crippen LogP contribution in [0.5, 0.6) is 5.75 Å². The lowest BCUT2D eigenvalue weighted by Crippen LogP contribution is -2.37. The lowest BCUT2D eigenvalue weighted by Gasteiger charge is -2.17. The summed E-state index contributed by atoms with van der Waals surface area (Å²) in [5.41, 5.74) is 3.63. The summed E-state index contributed by atoms with van der Waals surface area (Å²) in [6.07, 6.45) is -0.244. The van der Waals surface area contributed by atoms with Crippen molar-refractivity contribution in [2.75, 3.05) is 0 Å². The molecule has 4 nitrogen and oxygen atoms in total. The molecular formula is C19H22ClFN2O2. The van der Waals surface area contributed by atoms with Crippen LogP contribution in [0.15, 0.2) is 42.5 Å². The molecule has 1 aliphatic rings. The van der Waals surface area contributed by atoms with E-state index in [1.165, 1.54) is 23.3 Å². The van der Waals surface area contributed by atoms with Crippen molar-refractivity contribution in [3.05, 3.63) is 65.0 Å². The smallest absolute Gasteiger partial charge is 0.261 e. The van der Waals surface area contributed by atoms with E-state index in [2.05, 4.69) is 22.8 Å². The van der Waals surface area contributed by atoms with Gasteiger partial charge < -0.3 is 15.4 Å². The summed E-state index contributed by atoms with van der Waals surface area (Å²) in [5, 5.41) is 6.17. The molecule has 0 aromatic heterocycles. The van der Waals surface area contributed by atoms with Crippen molar-refractivity contribution in [2.24, 2.45) is 0 Å². The Hall–Kier alpha value is -2.11. The second kappa shape index (κ2) is 8.83. The van der Waals surface area contributed by atoms with Gasteiger partial charge in [0.05, 0.1) is 0 Å². The fraction of sp³-hybridized carbons (Fsp3) is 0.316. The molecule has 134 valence electrons. The lowest BCUT2D eigenvalue weighted by atomic mass is 10.1. The fourth-order valence-corrected chi connectivity index (χ4v) is 2.78. The van der Waals surface area contributed by atoms with Crippen molar-refractivity contribution in [1.82, 2.24) is 10.6 Å². The van der Waals surface area contributed by atoms with Crippen LogP contribution >= 0.6 is 12.4 Å². The largest absolute Gasteiger partial charge is 0.478 e. The summed E-state index contributed by atoms with van der Waals surface area (Å²) < 4.78 is 19.2. The highest BCUT2D eigenvalue weighted by Gasteiger charge is 2.19. The van der Waals surface area contributed by atoms with Crippen molar-refractivity contribution < 1.29 is 13.9 Å². The van der Waals surface area contributed by atoms with Crippen LogP contribution in [0.1, 0.15) is 30.0 Å². The Labute approximate surface area is 153 Å². The van der Waals surface area contributed by atoms with Crippen LogP contribution in [0.4, 0.5) is 4.39 Å². The van der Waals surface area contributed by atoms with Gasteiger partial charge in [-0.2, -0.15) is 0 Å². The molecule has 0 spiro atoms. The first kappa shape index (κ1) is 19.2. The second-order valence-electron chi connectivity index (χ2n) is 5.87. The van der Waals surface area contributed by atoms with E-state index in [1.54, 1.807) is 12.1 Å². The number of hydrogen-bond acceptors (Lipinski definition) is 3. The zero-order chi connectivity index (χ0) is 16.9. The number of carbonyl (C=O) groups is 1. The minimum Gasteiger partial charge on any atom is -0.478 e. The van der Waals surface area contributed by atoms with Gasteiger partial charge in [0, 0.05) is 19.6 Å². The van der Waals surface area contributed by atoms with E-state index in [1.807, 2.05) is 13.0 Å². The van der Waals surface area contributed by atoms with Crippen molar-refractivity contribution >= 4 is 18.3 Å². The molecule has 1 heterocycles. The van der Waals surface area contributed by atoms with Gasteiger partial charge >= 0.3 is 0 Å². The van der Waals surface area contributed by atoms with Gasteiger partial charge in [0.25, 0.3) is 5.91 Å². The molecule has 0 saturated heterocycles. The van der Waals surface area contributed by atoms with Crippen LogP contribution in [0.25, 0.3) is 0 Å². The maximum absolute atomic E-state index is 13.7. The topological polar surface area (TPSA) is 50.4 Å². The lowest BCUT2D eigenvalue weighted by molar-refractivity contribution is -0.128. The average molecular weight is 365 g/mol. The zero-order valence-corrected chi connectivity index (χ0v) is 14.9. The van der Waals surface area contributed by atoms with Gasteiger partial charge in [0.1, 0.15) is 0 Å². The van der Waals surface area contributed by atoms with Gasteiger partial charge in [-0.1, -0.05) is 37.3 Å². The number of carbonyl (C=O) groups excluding carboxylic acids is 1. The van der Waals surface area contributed by atoms with Gasteiger partial charge in [-0.25, -0.2) is 4.39 Å². The predicted molar refractivity (Wildman–Crippen MR) is 97.2 cm³/mol. The Kier molecular flexibility index (Phi) is 6.79.